The molecule has 0 spiro atoms. The largest absolute Gasteiger partial charge is 0.481 e. The second kappa shape index (κ2) is 5.56. The van der Waals surface area contributed by atoms with E-state index in [0.29, 0.717) is 12.2 Å². The summed E-state index contributed by atoms with van der Waals surface area (Å²) in [5.41, 5.74) is 0. The normalized spacial score (nSPS) is 13.0. The summed E-state index contributed by atoms with van der Waals surface area (Å²) in [5, 5.41) is 17.0. The first-order valence-electron chi connectivity index (χ1n) is 3.10. The van der Waals surface area contributed by atoms with Crippen LogP contribution in [0.25, 0.3) is 0 Å². The van der Waals surface area contributed by atoms with Crippen molar-refractivity contribution in [2.24, 2.45) is 0 Å². The molecule has 2 N–H and O–H groups in total. The van der Waals surface area contributed by atoms with Gasteiger partial charge in [0.05, 0.1) is 11.9 Å². The Morgan fingerprint density at radius 1 is 1.70 bits per heavy atom. The topological polar surface area (TPSA) is 57.5 Å². The zero-order valence-corrected chi connectivity index (χ0v) is 6.73. The van der Waals surface area contributed by atoms with Gasteiger partial charge in [-0.15, -0.1) is 0 Å². The van der Waals surface area contributed by atoms with Crippen LogP contribution in [0, 0.1) is 0 Å². The van der Waals surface area contributed by atoms with Gasteiger partial charge in [-0.2, -0.15) is 11.8 Å². The molecule has 4 heteroatoms. The number of aliphatic hydroxyl groups excluding tert-OH is 1. The van der Waals surface area contributed by atoms with Crippen molar-refractivity contribution in [2.75, 3.05) is 11.5 Å². The molecule has 1 atom stereocenters. The molecule has 0 aliphatic rings. The molecule has 0 aromatic heterocycles. The summed E-state index contributed by atoms with van der Waals surface area (Å²) >= 11 is 1.33. The Morgan fingerprint density at radius 2 is 2.30 bits per heavy atom. The number of carboxylic acid groups (broad SMARTS) is 1. The fourth-order valence-electron chi connectivity index (χ4n) is 0.413. The van der Waals surface area contributed by atoms with E-state index in [2.05, 4.69) is 0 Å². The molecule has 0 aliphatic carbocycles. The van der Waals surface area contributed by atoms with Crippen molar-refractivity contribution in [3.8, 4) is 0 Å². The minimum absolute atomic E-state index is 0.132. The summed E-state index contributed by atoms with van der Waals surface area (Å²) in [4.78, 5) is 9.96. The second-order valence-corrected chi connectivity index (χ2v) is 3.19. The SMILES string of the molecule is CC(O)CCSCC(=O)O. The van der Waals surface area contributed by atoms with Crippen LogP contribution in [-0.2, 0) is 4.79 Å². The van der Waals surface area contributed by atoms with E-state index in [9.17, 15) is 4.79 Å². The number of aliphatic carboxylic acids is 1. The lowest BCUT2D eigenvalue weighted by molar-refractivity contribution is -0.133. The molecular formula is C6H12O3S. The maximum absolute atomic E-state index is 9.96. The van der Waals surface area contributed by atoms with Crippen LogP contribution in [0.1, 0.15) is 13.3 Å². The summed E-state index contributed by atoms with van der Waals surface area (Å²) in [5.74, 6) is 0.0482. The minimum Gasteiger partial charge on any atom is -0.481 e. The van der Waals surface area contributed by atoms with Crippen LogP contribution in [0.5, 0.6) is 0 Å². The lowest BCUT2D eigenvalue weighted by atomic mass is 10.3. The molecule has 0 bridgehead atoms. The number of carboxylic acids is 1. The first-order chi connectivity index (χ1) is 4.63. The molecule has 3 nitrogen and oxygen atoms in total. The van der Waals surface area contributed by atoms with Gasteiger partial charge in [0.25, 0.3) is 0 Å². The summed E-state index contributed by atoms with van der Waals surface area (Å²) in [6.07, 6.45) is 0.346. The molecule has 0 amide bonds. The third kappa shape index (κ3) is 7.78. The monoisotopic (exact) mass is 164 g/mol. The Kier molecular flexibility index (Phi) is 5.43. The fraction of sp³-hybridized carbons (Fsp3) is 0.833. The third-order valence-electron chi connectivity index (χ3n) is 0.906. The van der Waals surface area contributed by atoms with E-state index >= 15 is 0 Å². The maximum atomic E-state index is 9.96. The Balaban J connectivity index is 2.98. The van der Waals surface area contributed by atoms with Gasteiger partial charge in [0.1, 0.15) is 0 Å². The number of aliphatic hydroxyl groups is 1. The molecule has 10 heavy (non-hydrogen) atoms. The van der Waals surface area contributed by atoms with Crippen LogP contribution in [0.3, 0.4) is 0 Å². The van der Waals surface area contributed by atoms with Crippen LogP contribution < -0.4 is 0 Å². The van der Waals surface area contributed by atoms with Crippen LogP contribution >= 0.6 is 11.8 Å². The number of rotatable bonds is 5. The zero-order valence-electron chi connectivity index (χ0n) is 5.91. The molecule has 0 fully saturated rings. The van der Waals surface area contributed by atoms with Crippen molar-refractivity contribution < 1.29 is 15.0 Å². The fourth-order valence-corrected chi connectivity index (χ4v) is 1.24. The minimum atomic E-state index is -0.796. The van der Waals surface area contributed by atoms with Crippen LogP contribution in [0.15, 0.2) is 0 Å². The van der Waals surface area contributed by atoms with Gasteiger partial charge in [-0.05, 0) is 19.1 Å². The van der Waals surface area contributed by atoms with Crippen molar-refractivity contribution in [1.82, 2.24) is 0 Å². The molecule has 0 saturated heterocycles. The summed E-state index contributed by atoms with van der Waals surface area (Å²) in [7, 11) is 0. The quantitative estimate of drug-likeness (QED) is 0.583. The molecule has 0 rings (SSSR count). The number of hydrogen-bond donors (Lipinski definition) is 2. The highest BCUT2D eigenvalue weighted by Gasteiger charge is 1.98. The molecule has 0 saturated carbocycles. The van der Waals surface area contributed by atoms with Crippen molar-refractivity contribution in [1.29, 1.82) is 0 Å². The Hall–Kier alpha value is -0.220. The van der Waals surface area contributed by atoms with Gasteiger partial charge in [-0.3, -0.25) is 4.79 Å². The van der Waals surface area contributed by atoms with Gasteiger partial charge in [-0.1, -0.05) is 0 Å². The van der Waals surface area contributed by atoms with Crippen molar-refractivity contribution in [3.05, 3.63) is 0 Å². The van der Waals surface area contributed by atoms with E-state index in [1.807, 2.05) is 0 Å². The molecule has 0 aliphatic heterocycles. The molecule has 0 radical (unpaired) electrons. The van der Waals surface area contributed by atoms with Crippen LogP contribution in [0.4, 0.5) is 0 Å². The van der Waals surface area contributed by atoms with Gasteiger partial charge in [-0.25, -0.2) is 0 Å². The predicted molar refractivity (Wildman–Crippen MR) is 41.3 cm³/mol. The summed E-state index contributed by atoms with van der Waals surface area (Å²) in [6, 6.07) is 0. The third-order valence-corrected chi connectivity index (χ3v) is 1.88. The average molecular weight is 164 g/mol. The first-order valence-corrected chi connectivity index (χ1v) is 4.26. The van der Waals surface area contributed by atoms with Crippen LogP contribution in [-0.4, -0.2) is 33.8 Å². The van der Waals surface area contributed by atoms with Gasteiger partial charge in [0, 0.05) is 0 Å². The smallest absolute Gasteiger partial charge is 0.313 e. The van der Waals surface area contributed by atoms with E-state index < -0.39 is 5.97 Å². The van der Waals surface area contributed by atoms with Crippen LogP contribution in [0.2, 0.25) is 0 Å². The van der Waals surface area contributed by atoms with Gasteiger partial charge in [0.15, 0.2) is 0 Å². The Bertz CT molecular complexity index is 103. The van der Waals surface area contributed by atoms with Gasteiger partial charge >= 0.3 is 5.97 Å². The number of thioether (sulfide) groups is 1. The molecule has 0 aromatic rings. The first kappa shape index (κ1) is 9.78. The van der Waals surface area contributed by atoms with Crippen molar-refractivity contribution in [2.45, 2.75) is 19.4 Å². The van der Waals surface area contributed by atoms with E-state index in [1.54, 1.807) is 6.92 Å². The average Bonchev–Trinajstić information content (AvgIpc) is 1.79. The molecular weight excluding hydrogens is 152 g/mol. The molecule has 60 valence electrons. The summed E-state index contributed by atoms with van der Waals surface area (Å²) in [6.45, 7) is 1.70. The highest BCUT2D eigenvalue weighted by atomic mass is 32.2. The highest BCUT2D eigenvalue weighted by molar-refractivity contribution is 7.99. The lowest BCUT2D eigenvalue weighted by Gasteiger charge is -2.00. The zero-order chi connectivity index (χ0) is 7.98. The maximum Gasteiger partial charge on any atom is 0.313 e. The predicted octanol–water partition coefficient (Wildman–Crippen LogP) is 0.575. The molecule has 0 aromatic carbocycles. The van der Waals surface area contributed by atoms with E-state index in [4.69, 9.17) is 10.2 Å². The van der Waals surface area contributed by atoms with Gasteiger partial charge in [0.2, 0.25) is 0 Å². The summed E-state index contributed by atoms with van der Waals surface area (Å²) < 4.78 is 0. The van der Waals surface area contributed by atoms with E-state index in [0.717, 1.165) is 0 Å². The van der Waals surface area contributed by atoms with E-state index in [-0.39, 0.29) is 11.9 Å². The molecule has 0 heterocycles. The number of carbonyl (C=O) groups is 1. The second-order valence-electron chi connectivity index (χ2n) is 2.08. The van der Waals surface area contributed by atoms with Crippen molar-refractivity contribution in [3.63, 3.8) is 0 Å². The molecule has 1 unspecified atom stereocenters. The van der Waals surface area contributed by atoms with E-state index in [1.165, 1.54) is 11.8 Å². The van der Waals surface area contributed by atoms with Crippen molar-refractivity contribution >= 4 is 17.7 Å². The lowest BCUT2D eigenvalue weighted by Crippen LogP contribution is -2.03. The standard InChI is InChI=1S/C6H12O3S/c1-5(7)2-3-10-4-6(8)9/h5,7H,2-4H2,1H3,(H,8,9). The number of hydrogen-bond acceptors (Lipinski definition) is 3. The highest BCUT2D eigenvalue weighted by Crippen LogP contribution is 2.03. The Labute approximate surface area is 64.4 Å². The Morgan fingerprint density at radius 3 is 2.70 bits per heavy atom. The van der Waals surface area contributed by atoms with Gasteiger partial charge < -0.3 is 10.2 Å².